The molecule has 9 atom stereocenters. The summed E-state index contributed by atoms with van der Waals surface area (Å²) in [5.74, 6) is 7.58. The third-order valence-corrected chi connectivity index (χ3v) is 11.8. The summed E-state index contributed by atoms with van der Waals surface area (Å²) in [7, 11) is 0. The first-order valence-electron chi connectivity index (χ1n) is 13.9. The van der Waals surface area contributed by atoms with Crippen molar-refractivity contribution in [2.45, 2.75) is 119 Å². The van der Waals surface area contributed by atoms with Crippen molar-refractivity contribution in [1.29, 1.82) is 0 Å². The van der Waals surface area contributed by atoms with Crippen LogP contribution in [0.3, 0.4) is 0 Å². The van der Waals surface area contributed by atoms with Gasteiger partial charge in [0.25, 0.3) is 0 Å². The zero-order valence-corrected chi connectivity index (χ0v) is 21.5. The molecule has 30 heavy (non-hydrogen) atoms. The molecule has 0 heteroatoms. The summed E-state index contributed by atoms with van der Waals surface area (Å²) in [6.07, 6.45) is 19.0. The highest BCUT2D eigenvalue weighted by atomic mass is 14.6. The predicted octanol–water partition coefficient (Wildman–Crippen LogP) is 9.30. The number of fused-ring (bicyclic) bond motifs is 5. The van der Waals surface area contributed by atoms with Gasteiger partial charge in [-0.15, -0.1) is 0 Å². The van der Waals surface area contributed by atoms with Gasteiger partial charge in [-0.05, 0) is 110 Å². The van der Waals surface area contributed by atoms with Gasteiger partial charge in [0.1, 0.15) is 0 Å². The lowest BCUT2D eigenvalue weighted by molar-refractivity contribution is -0.0530. The number of hydrogen-bond acceptors (Lipinski definition) is 0. The smallest absolute Gasteiger partial charge is 0.00851 e. The molecule has 0 aliphatic heterocycles. The molecule has 0 bridgehead atoms. The minimum absolute atomic E-state index is 0.548. The number of allylic oxidation sites excluding steroid dienone is 2. The van der Waals surface area contributed by atoms with Gasteiger partial charge >= 0.3 is 0 Å². The van der Waals surface area contributed by atoms with Gasteiger partial charge in [0.2, 0.25) is 0 Å². The third kappa shape index (κ3) is 3.75. The van der Waals surface area contributed by atoms with E-state index >= 15 is 0 Å². The largest absolute Gasteiger partial charge is 0.0845 e. The van der Waals surface area contributed by atoms with Gasteiger partial charge in [0.15, 0.2) is 0 Å². The lowest BCUT2D eigenvalue weighted by Gasteiger charge is -2.58. The summed E-state index contributed by atoms with van der Waals surface area (Å²) in [5.41, 5.74) is 3.06. The van der Waals surface area contributed by atoms with Crippen LogP contribution in [0.25, 0.3) is 0 Å². The van der Waals surface area contributed by atoms with Crippen LogP contribution in [0.15, 0.2) is 11.6 Å². The average molecular weight is 413 g/mol. The first-order chi connectivity index (χ1) is 14.2. The SMILES string of the molecule is CCC1CCC2(C)C(=CCC3C2CCC2(C)C(C(C)CCC(C)C(C)C)CCC32)C1. The maximum Gasteiger partial charge on any atom is -0.00851 e. The molecule has 0 amide bonds. The van der Waals surface area contributed by atoms with Crippen molar-refractivity contribution in [2.75, 3.05) is 0 Å². The highest BCUT2D eigenvalue weighted by molar-refractivity contribution is 5.25. The van der Waals surface area contributed by atoms with Crippen LogP contribution in [0.1, 0.15) is 119 Å². The van der Waals surface area contributed by atoms with Gasteiger partial charge in [0, 0.05) is 0 Å². The molecule has 3 fully saturated rings. The Morgan fingerprint density at radius 2 is 1.70 bits per heavy atom. The fourth-order valence-corrected chi connectivity index (χ4v) is 9.12. The fourth-order valence-electron chi connectivity index (χ4n) is 9.12. The van der Waals surface area contributed by atoms with E-state index in [4.69, 9.17) is 0 Å². The van der Waals surface area contributed by atoms with Crippen LogP contribution in [-0.2, 0) is 0 Å². The van der Waals surface area contributed by atoms with E-state index in [1.807, 2.05) is 5.57 Å². The van der Waals surface area contributed by atoms with E-state index in [1.54, 1.807) is 0 Å². The van der Waals surface area contributed by atoms with Crippen molar-refractivity contribution < 1.29 is 0 Å². The van der Waals surface area contributed by atoms with E-state index < -0.39 is 0 Å². The quantitative estimate of drug-likeness (QED) is 0.381. The van der Waals surface area contributed by atoms with Crippen molar-refractivity contribution in [1.82, 2.24) is 0 Å². The molecule has 0 spiro atoms. The second-order valence-electron chi connectivity index (χ2n) is 13.3. The molecule has 0 saturated heterocycles. The van der Waals surface area contributed by atoms with Gasteiger partial charge < -0.3 is 0 Å². The molecule has 0 heterocycles. The van der Waals surface area contributed by atoms with E-state index in [0.717, 1.165) is 47.3 Å². The molecular weight excluding hydrogens is 360 g/mol. The molecular formula is C30H52. The maximum absolute atomic E-state index is 2.77. The second-order valence-corrected chi connectivity index (χ2v) is 13.3. The Bertz CT molecular complexity index is 628. The van der Waals surface area contributed by atoms with Crippen molar-refractivity contribution in [2.24, 2.45) is 58.2 Å². The predicted molar refractivity (Wildman–Crippen MR) is 131 cm³/mol. The Morgan fingerprint density at radius 3 is 2.40 bits per heavy atom. The van der Waals surface area contributed by atoms with Crippen LogP contribution < -0.4 is 0 Å². The lowest BCUT2D eigenvalue weighted by Crippen LogP contribution is -2.50. The molecule has 0 radical (unpaired) electrons. The normalized spacial score (nSPS) is 45.3. The summed E-state index contributed by atoms with van der Waals surface area (Å²) in [5, 5.41) is 0. The molecule has 0 aromatic rings. The Morgan fingerprint density at radius 1 is 0.933 bits per heavy atom. The molecule has 9 unspecified atom stereocenters. The van der Waals surface area contributed by atoms with Crippen molar-refractivity contribution >= 4 is 0 Å². The first kappa shape index (κ1) is 22.9. The van der Waals surface area contributed by atoms with Crippen LogP contribution in [0.4, 0.5) is 0 Å². The monoisotopic (exact) mass is 412 g/mol. The Labute approximate surface area is 189 Å². The second kappa shape index (κ2) is 8.59. The standard InChI is InChI=1S/C30H52/c1-8-23-15-17-29(6)24(19-23)11-12-25-27-14-13-26(30(27,7)18-16-28(25)29)22(5)10-9-21(4)20(2)3/h11,20-23,25-28H,8-10,12-19H2,1-7H3. The third-order valence-electron chi connectivity index (χ3n) is 11.8. The fraction of sp³-hybridized carbons (Fsp3) is 0.933. The summed E-state index contributed by atoms with van der Waals surface area (Å²) < 4.78 is 0. The topological polar surface area (TPSA) is 0 Å². The Hall–Kier alpha value is -0.260. The first-order valence-corrected chi connectivity index (χ1v) is 13.9. The molecule has 4 aliphatic carbocycles. The summed E-state index contributed by atoms with van der Waals surface area (Å²) in [4.78, 5) is 0. The molecule has 3 saturated carbocycles. The van der Waals surface area contributed by atoms with E-state index in [1.165, 1.54) is 70.6 Å². The minimum Gasteiger partial charge on any atom is -0.0845 e. The van der Waals surface area contributed by atoms with Crippen molar-refractivity contribution in [3.63, 3.8) is 0 Å². The highest BCUT2D eigenvalue weighted by Crippen LogP contribution is 2.67. The minimum atomic E-state index is 0.548. The Balaban J connectivity index is 1.48. The number of rotatable bonds is 6. The molecule has 0 N–H and O–H groups in total. The maximum atomic E-state index is 2.77. The zero-order chi connectivity index (χ0) is 21.7. The van der Waals surface area contributed by atoms with Gasteiger partial charge in [-0.1, -0.05) is 79.4 Å². The average Bonchev–Trinajstić information content (AvgIpc) is 3.08. The van der Waals surface area contributed by atoms with Crippen LogP contribution >= 0.6 is 0 Å². The lowest BCUT2D eigenvalue weighted by atomic mass is 9.46. The molecule has 4 rings (SSSR count). The highest BCUT2D eigenvalue weighted by Gasteiger charge is 2.59. The van der Waals surface area contributed by atoms with Gasteiger partial charge in [-0.25, -0.2) is 0 Å². The summed E-state index contributed by atoms with van der Waals surface area (Å²) >= 11 is 0. The van der Waals surface area contributed by atoms with Gasteiger partial charge in [-0.3, -0.25) is 0 Å². The van der Waals surface area contributed by atoms with Crippen LogP contribution in [-0.4, -0.2) is 0 Å². The van der Waals surface area contributed by atoms with Crippen molar-refractivity contribution in [3.8, 4) is 0 Å². The van der Waals surface area contributed by atoms with Crippen LogP contribution in [0.5, 0.6) is 0 Å². The van der Waals surface area contributed by atoms with Crippen LogP contribution in [0.2, 0.25) is 0 Å². The molecule has 4 aliphatic rings. The van der Waals surface area contributed by atoms with Gasteiger partial charge in [0.05, 0.1) is 0 Å². The zero-order valence-electron chi connectivity index (χ0n) is 21.5. The molecule has 0 aromatic heterocycles. The summed E-state index contributed by atoms with van der Waals surface area (Å²) in [6.45, 7) is 17.7. The van der Waals surface area contributed by atoms with Crippen molar-refractivity contribution in [3.05, 3.63) is 11.6 Å². The van der Waals surface area contributed by atoms with Crippen LogP contribution in [0, 0.1) is 58.2 Å². The molecule has 0 nitrogen and oxygen atoms in total. The number of hydrogen-bond donors (Lipinski definition) is 0. The van der Waals surface area contributed by atoms with E-state index in [9.17, 15) is 0 Å². The Kier molecular flexibility index (Phi) is 6.56. The van der Waals surface area contributed by atoms with E-state index in [0.29, 0.717) is 10.8 Å². The van der Waals surface area contributed by atoms with E-state index in [2.05, 4.69) is 54.5 Å². The molecule has 0 aromatic carbocycles. The molecule has 172 valence electrons. The van der Waals surface area contributed by atoms with E-state index in [-0.39, 0.29) is 0 Å². The summed E-state index contributed by atoms with van der Waals surface area (Å²) in [6, 6.07) is 0. The van der Waals surface area contributed by atoms with Gasteiger partial charge in [-0.2, -0.15) is 0 Å².